The van der Waals surface area contributed by atoms with Gasteiger partial charge in [-0.3, -0.25) is 4.90 Å². The number of hydrogen-bond donors (Lipinski definition) is 0. The third kappa shape index (κ3) is 4.05. The number of nitrogens with zero attached hydrogens (tertiary/aromatic N) is 3. The third-order valence-electron chi connectivity index (χ3n) is 6.82. The van der Waals surface area contributed by atoms with Gasteiger partial charge in [-0.15, -0.1) is 11.3 Å². The molecule has 1 aliphatic heterocycles. The van der Waals surface area contributed by atoms with Gasteiger partial charge in [0.2, 0.25) is 5.88 Å². The molecule has 7 heteroatoms. The molecule has 2 aromatic heterocycles. The van der Waals surface area contributed by atoms with Crippen molar-refractivity contribution in [3.8, 4) is 5.88 Å². The molecule has 3 heterocycles. The molecule has 0 aromatic carbocycles. The molecule has 2 aliphatic carbocycles. The van der Waals surface area contributed by atoms with Crippen LogP contribution in [0.5, 0.6) is 5.88 Å². The normalized spacial score (nSPS) is 28.2. The largest absolute Gasteiger partial charge is 0.474 e. The first kappa shape index (κ1) is 19.4. The highest BCUT2D eigenvalue weighted by Gasteiger charge is 2.30. The number of thiophene rings is 1. The zero-order chi connectivity index (χ0) is 19.6. The fraction of sp³-hybridized carbons (Fsp3) is 0.682. The molecule has 1 saturated heterocycles. The summed E-state index contributed by atoms with van der Waals surface area (Å²) in [6.07, 6.45) is 11.2. The molecule has 0 N–H and O–H groups in total. The van der Waals surface area contributed by atoms with Gasteiger partial charge in [0, 0.05) is 30.4 Å². The molecule has 1 saturated carbocycles. The first-order valence-corrected chi connectivity index (χ1v) is 11.8. The van der Waals surface area contributed by atoms with E-state index in [1.807, 2.05) is 0 Å². The fourth-order valence-electron chi connectivity index (χ4n) is 5.21. The van der Waals surface area contributed by atoms with Crippen LogP contribution in [-0.2, 0) is 22.4 Å². The molecule has 0 unspecified atom stereocenters. The van der Waals surface area contributed by atoms with Crippen molar-refractivity contribution in [1.29, 1.82) is 0 Å². The number of carbonyl (C=O) groups is 1. The van der Waals surface area contributed by atoms with E-state index < -0.39 is 0 Å². The van der Waals surface area contributed by atoms with Crippen LogP contribution in [0, 0.1) is 5.92 Å². The predicted molar refractivity (Wildman–Crippen MR) is 113 cm³/mol. The van der Waals surface area contributed by atoms with Gasteiger partial charge in [0.1, 0.15) is 23.5 Å². The van der Waals surface area contributed by atoms with Crippen LogP contribution in [0.4, 0.5) is 0 Å². The Morgan fingerprint density at radius 3 is 2.79 bits per heavy atom. The monoisotopic (exact) mass is 415 g/mol. The quantitative estimate of drug-likeness (QED) is 0.698. The van der Waals surface area contributed by atoms with Gasteiger partial charge in [-0.2, -0.15) is 0 Å². The van der Waals surface area contributed by atoms with Gasteiger partial charge in [-0.25, -0.2) is 9.97 Å². The number of morpholine rings is 1. The van der Waals surface area contributed by atoms with Crippen molar-refractivity contribution in [1.82, 2.24) is 14.9 Å². The van der Waals surface area contributed by atoms with Crippen molar-refractivity contribution < 1.29 is 14.3 Å². The van der Waals surface area contributed by atoms with Gasteiger partial charge in [0.25, 0.3) is 0 Å². The van der Waals surface area contributed by atoms with Crippen molar-refractivity contribution in [2.24, 2.45) is 5.92 Å². The van der Waals surface area contributed by atoms with Crippen LogP contribution in [0.1, 0.15) is 49.0 Å². The van der Waals surface area contributed by atoms with Crippen LogP contribution in [0.3, 0.4) is 0 Å². The summed E-state index contributed by atoms with van der Waals surface area (Å²) in [4.78, 5) is 25.1. The Morgan fingerprint density at radius 1 is 1.17 bits per heavy atom. The fourth-order valence-corrected chi connectivity index (χ4v) is 6.38. The predicted octanol–water partition coefficient (Wildman–Crippen LogP) is 3.41. The van der Waals surface area contributed by atoms with Gasteiger partial charge in [0.15, 0.2) is 0 Å². The molecule has 0 radical (unpaired) electrons. The second-order valence-electron chi connectivity index (χ2n) is 8.57. The summed E-state index contributed by atoms with van der Waals surface area (Å²) in [6.45, 7) is 3.85. The van der Waals surface area contributed by atoms with Crippen LogP contribution in [0.25, 0.3) is 10.2 Å². The summed E-state index contributed by atoms with van der Waals surface area (Å²) in [5.74, 6) is 1.20. The number of fused-ring (bicyclic) bond motifs is 3. The highest BCUT2D eigenvalue weighted by Crippen LogP contribution is 2.41. The molecule has 5 rings (SSSR count). The minimum absolute atomic E-state index is 0.232. The molecule has 2 aromatic rings. The summed E-state index contributed by atoms with van der Waals surface area (Å²) < 4.78 is 12.0. The Kier molecular flexibility index (Phi) is 5.79. The number of rotatable bonds is 5. The van der Waals surface area contributed by atoms with E-state index >= 15 is 0 Å². The number of aldehydes is 1. The third-order valence-corrected chi connectivity index (χ3v) is 8.02. The SMILES string of the molecule is O=CC[C@@H]1CCc2sc3ncnc(OC4CCC(N5CCOCC5)CC4)c3c2C1. The van der Waals surface area contributed by atoms with Crippen molar-refractivity contribution >= 4 is 27.8 Å². The van der Waals surface area contributed by atoms with Gasteiger partial charge >= 0.3 is 0 Å². The molecule has 1 atom stereocenters. The standard InChI is InChI=1S/C22H29N3O3S/c26-10-7-15-1-6-19-18(13-15)20-21(23-14-24-22(20)29-19)28-17-4-2-16(3-5-17)25-8-11-27-12-9-25/h10,14-17H,1-9,11-13H2/t15-,16?,17?/m0/s1. The molecule has 3 aliphatic rings. The summed E-state index contributed by atoms with van der Waals surface area (Å²) in [6, 6.07) is 0.669. The minimum Gasteiger partial charge on any atom is -0.474 e. The second-order valence-corrected chi connectivity index (χ2v) is 9.65. The Morgan fingerprint density at radius 2 is 2.00 bits per heavy atom. The smallest absolute Gasteiger partial charge is 0.225 e. The molecule has 0 amide bonds. The maximum atomic E-state index is 11.0. The van der Waals surface area contributed by atoms with Crippen LogP contribution in [0.2, 0.25) is 0 Å². The number of aryl methyl sites for hydroxylation is 1. The van der Waals surface area contributed by atoms with Crippen molar-refractivity contribution in [3.05, 3.63) is 16.8 Å². The lowest BCUT2D eigenvalue weighted by molar-refractivity contribution is -0.108. The zero-order valence-corrected chi connectivity index (χ0v) is 17.7. The van der Waals surface area contributed by atoms with Gasteiger partial charge in [-0.05, 0) is 56.4 Å². The van der Waals surface area contributed by atoms with Gasteiger partial charge < -0.3 is 14.3 Å². The van der Waals surface area contributed by atoms with E-state index in [4.69, 9.17) is 9.47 Å². The molecule has 0 spiro atoms. The molecule has 6 nitrogen and oxygen atoms in total. The van der Waals surface area contributed by atoms with Crippen LogP contribution < -0.4 is 4.74 Å². The molecule has 29 heavy (non-hydrogen) atoms. The van der Waals surface area contributed by atoms with Crippen molar-refractivity contribution in [2.75, 3.05) is 26.3 Å². The number of hydrogen-bond acceptors (Lipinski definition) is 7. The topological polar surface area (TPSA) is 64.5 Å². The number of carbonyl (C=O) groups excluding carboxylic acids is 1. The minimum atomic E-state index is 0.232. The maximum Gasteiger partial charge on any atom is 0.225 e. The molecule has 2 fully saturated rings. The van der Waals surface area contributed by atoms with E-state index in [0.717, 1.165) is 80.8 Å². The summed E-state index contributed by atoms with van der Waals surface area (Å²) in [5, 5.41) is 1.11. The average molecular weight is 416 g/mol. The van der Waals surface area contributed by atoms with Crippen LogP contribution >= 0.6 is 11.3 Å². The Labute approximate surface area is 175 Å². The Hall–Kier alpha value is -1.57. The average Bonchev–Trinajstić information content (AvgIpc) is 3.14. The zero-order valence-electron chi connectivity index (χ0n) is 16.8. The van der Waals surface area contributed by atoms with E-state index in [9.17, 15) is 4.79 Å². The maximum absolute atomic E-state index is 11.0. The van der Waals surface area contributed by atoms with E-state index in [2.05, 4.69) is 14.9 Å². The molecular formula is C22H29N3O3S. The van der Waals surface area contributed by atoms with E-state index in [-0.39, 0.29) is 6.10 Å². The first-order chi connectivity index (χ1) is 14.3. The Bertz CT molecular complexity index is 856. The lowest BCUT2D eigenvalue weighted by Crippen LogP contribution is -2.46. The Balaban J connectivity index is 1.30. The molecule has 156 valence electrons. The van der Waals surface area contributed by atoms with E-state index in [1.54, 1.807) is 17.7 Å². The van der Waals surface area contributed by atoms with E-state index in [0.29, 0.717) is 18.4 Å². The van der Waals surface area contributed by atoms with Gasteiger partial charge in [-0.1, -0.05) is 0 Å². The lowest BCUT2D eigenvalue weighted by Gasteiger charge is -2.38. The van der Waals surface area contributed by atoms with Crippen molar-refractivity contribution in [3.63, 3.8) is 0 Å². The van der Waals surface area contributed by atoms with Gasteiger partial charge in [0.05, 0.1) is 18.6 Å². The first-order valence-electron chi connectivity index (χ1n) is 11.0. The molecular weight excluding hydrogens is 386 g/mol. The highest BCUT2D eigenvalue weighted by molar-refractivity contribution is 7.18. The lowest BCUT2D eigenvalue weighted by atomic mass is 9.85. The molecule has 0 bridgehead atoms. The summed E-state index contributed by atoms with van der Waals surface area (Å²) in [7, 11) is 0. The van der Waals surface area contributed by atoms with Crippen LogP contribution in [-0.4, -0.2) is 59.6 Å². The highest BCUT2D eigenvalue weighted by atomic mass is 32.1. The summed E-state index contributed by atoms with van der Waals surface area (Å²) in [5.41, 5.74) is 1.33. The van der Waals surface area contributed by atoms with Crippen molar-refractivity contribution in [2.45, 2.75) is 63.5 Å². The number of aromatic nitrogens is 2. The van der Waals surface area contributed by atoms with Crippen LogP contribution in [0.15, 0.2) is 6.33 Å². The second kappa shape index (κ2) is 8.66. The van der Waals surface area contributed by atoms with E-state index in [1.165, 1.54) is 23.3 Å². The summed E-state index contributed by atoms with van der Waals surface area (Å²) >= 11 is 1.78. The number of ether oxygens (including phenoxy) is 2.